The molecule has 0 saturated carbocycles. The second kappa shape index (κ2) is 7.65. The highest BCUT2D eigenvalue weighted by Gasteiger charge is 2.12. The van der Waals surface area contributed by atoms with Crippen molar-refractivity contribution in [2.45, 2.75) is 0 Å². The second-order valence-electron chi connectivity index (χ2n) is 4.30. The normalized spacial score (nSPS) is 10.5. The zero-order valence-corrected chi connectivity index (χ0v) is 14.0. The van der Waals surface area contributed by atoms with Crippen molar-refractivity contribution in [2.75, 3.05) is 5.32 Å². The molecular formula is C14H11BrN4O3S. The van der Waals surface area contributed by atoms with Crippen LogP contribution < -0.4 is 10.7 Å². The van der Waals surface area contributed by atoms with E-state index in [1.807, 2.05) is 0 Å². The first kappa shape index (κ1) is 16.8. The molecule has 3 N–H and O–H groups in total. The summed E-state index contributed by atoms with van der Waals surface area (Å²) in [6.07, 6.45) is 1.38. The Morgan fingerprint density at radius 3 is 2.83 bits per heavy atom. The molecule has 0 unspecified atom stereocenters. The van der Waals surface area contributed by atoms with E-state index in [-0.39, 0.29) is 22.2 Å². The maximum Gasteiger partial charge on any atom is 0.292 e. The van der Waals surface area contributed by atoms with Crippen LogP contribution in [0.3, 0.4) is 0 Å². The molecule has 0 fully saturated rings. The highest BCUT2D eigenvalue weighted by molar-refractivity contribution is 9.10. The van der Waals surface area contributed by atoms with E-state index < -0.39 is 4.92 Å². The maximum atomic E-state index is 10.9. The van der Waals surface area contributed by atoms with Gasteiger partial charge in [0.25, 0.3) is 5.69 Å². The lowest BCUT2D eigenvalue weighted by molar-refractivity contribution is -0.383. The quantitative estimate of drug-likeness (QED) is 0.318. The molecule has 9 heteroatoms. The number of nitrogens with one attached hydrogen (secondary N) is 2. The predicted molar refractivity (Wildman–Crippen MR) is 95.9 cm³/mol. The van der Waals surface area contributed by atoms with Gasteiger partial charge >= 0.3 is 0 Å². The molecule has 0 radical (unpaired) electrons. The number of nitro groups is 1. The number of phenols is 1. The molecule has 0 atom stereocenters. The fourth-order valence-corrected chi connectivity index (χ4v) is 2.22. The Hall–Kier alpha value is -2.52. The van der Waals surface area contributed by atoms with Crippen LogP contribution in [-0.2, 0) is 0 Å². The van der Waals surface area contributed by atoms with Gasteiger partial charge in [-0.2, -0.15) is 5.10 Å². The Kier molecular flexibility index (Phi) is 5.61. The van der Waals surface area contributed by atoms with Crippen molar-refractivity contribution in [1.29, 1.82) is 0 Å². The van der Waals surface area contributed by atoms with E-state index in [2.05, 4.69) is 31.8 Å². The number of rotatable bonds is 4. The van der Waals surface area contributed by atoms with Gasteiger partial charge in [-0.1, -0.05) is 28.1 Å². The number of anilines is 1. The Balaban J connectivity index is 2.02. The highest BCUT2D eigenvalue weighted by atomic mass is 79.9. The van der Waals surface area contributed by atoms with Crippen LogP contribution >= 0.6 is 28.1 Å². The minimum atomic E-state index is -0.506. The number of phenolic OH excluding ortho intramolecular Hbond substituents is 1. The molecule has 2 aromatic carbocycles. The van der Waals surface area contributed by atoms with E-state index in [1.165, 1.54) is 24.4 Å². The summed E-state index contributed by atoms with van der Waals surface area (Å²) in [5, 5.41) is 27.3. The minimum Gasteiger partial charge on any atom is -0.507 e. The topological polar surface area (TPSA) is 99.8 Å². The van der Waals surface area contributed by atoms with E-state index in [9.17, 15) is 15.2 Å². The SMILES string of the molecule is O=[N+]([O-])c1ccccc1NC(=S)N/N=C/c1cc(Br)ccc1O. The summed E-state index contributed by atoms with van der Waals surface area (Å²) in [4.78, 5) is 10.4. The van der Waals surface area contributed by atoms with Crippen molar-refractivity contribution in [2.24, 2.45) is 5.10 Å². The van der Waals surface area contributed by atoms with Crippen LogP contribution in [0.15, 0.2) is 52.0 Å². The molecule has 2 rings (SSSR count). The van der Waals surface area contributed by atoms with Crippen LogP contribution in [-0.4, -0.2) is 21.4 Å². The number of aromatic hydroxyl groups is 1. The number of hydrogen-bond donors (Lipinski definition) is 3. The van der Waals surface area contributed by atoms with Gasteiger partial charge in [-0.3, -0.25) is 15.5 Å². The van der Waals surface area contributed by atoms with E-state index in [0.717, 1.165) is 4.47 Å². The second-order valence-corrected chi connectivity index (χ2v) is 5.63. The molecule has 7 nitrogen and oxygen atoms in total. The molecule has 0 amide bonds. The first-order chi connectivity index (χ1) is 11.0. The fourth-order valence-electron chi connectivity index (χ4n) is 1.68. The van der Waals surface area contributed by atoms with Gasteiger partial charge in [0.1, 0.15) is 11.4 Å². The monoisotopic (exact) mass is 394 g/mol. The first-order valence-corrected chi connectivity index (χ1v) is 7.49. The highest BCUT2D eigenvalue weighted by Crippen LogP contribution is 2.23. The largest absolute Gasteiger partial charge is 0.507 e. The average Bonchev–Trinajstić information content (AvgIpc) is 2.51. The third kappa shape index (κ3) is 4.73. The van der Waals surface area contributed by atoms with Gasteiger partial charge in [0.15, 0.2) is 5.11 Å². The van der Waals surface area contributed by atoms with Gasteiger partial charge < -0.3 is 10.4 Å². The number of nitro benzene ring substituents is 1. The third-order valence-electron chi connectivity index (χ3n) is 2.71. The summed E-state index contributed by atoms with van der Waals surface area (Å²) in [6.45, 7) is 0. The van der Waals surface area contributed by atoms with Crippen molar-refractivity contribution in [3.8, 4) is 5.75 Å². The van der Waals surface area contributed by atoms with Crippen molar-refractivity contribution >= 4 is 50.8 Å². The summed E-state index contributed by atoms with van der Waals surface area (Å²) in [7, 11) is 0. The summed E-state index contributed by atoms with van der Waals surface area (Å²) < 4.78 is 0.789. The average molecular weight is 395 g/mol. The number of nitrogens with zero attached hydrogens (tertiary/aromatic N) is 2. The van der Waals surface area contributed by atoms with E-state index in [0.29, 0.717) is 5.56 Å². The van der Waals surface area contributed by atoms with E-state index >= 15 is 0 Å². The molecule has 0 bridgehead atoms. The Bertz CT molecular complexity index is 782. The maximum absolute atomic E-state index is 10.9. The summed E-state index contributed by atoms with van der Waals surface area (Å²) in [5.41, 5.74) is 3.19. The number of thiocarbonyl (C=S) groups is 1. The number of halogens is 1. The van der Waals surface area contributed by atoms with Crippen molar-refractivity contribution < 1.29 is 10.0 Å². The van der Waals surface area contributed by atoms with E-state index in [4.69, 9.17) is 12.2 Å². The lowest BCUT2D eigenvalue weighted by Crippen LogP contribution is -2.24. The van der Waals surface area contributed by atoms with Crippen molar-refractivity contribution in [3.63, 3.8) is 0 Å². The van der Waals surface area contributed by atoms with Crippen LogP contribution in [0.25, 0.3) is 0 Å². The molecule has 0 heterocycles. The van der Waals surface area contributed by atoms with Crippen LogP contribution in [0.1, 0.15) is 5.56 Å². The molecule has 118 valence electrons. The summed E-state index contributed by atoms with van der Waals surface area (Å²) in [6, 6.07) is 11.0. The van der Waals surface area contributed by atoms with Crippen LogP contribution in [0.4, 0.5) is 11.4 Å². The van der Waals surface area contributed by atoms with Gasteiger partial charge in [-0.05, 0) is 36.5 Å². The van der Waals surface area contributed by atoms with Gasteiger partial charge in [0, 0.05) is 16.1 Å². The van der Waals surface area contributed by atoms with Gasteiger partial charge in [-0.25, -0.2) is 0 Å². The molecule has 2 aromatic rings. The smallest absolute Gasteiger partial charge is 0.292 e. The molecule has 0 aliphatic carbocycles. The lowest BCUT2D eigenvalue weighted by atomic mass is 10.2. The molecule has 23 heavy (non-hydrogen) atoms. The molecular weight excluding hydrogens is 384 g/mol. The predicted octanol–water partition coefficient (Wildman–Crippen LogP) is 3.38. The molecule has 0 aliphatic rings. The zero-order chi connectivity index (χ0) is 16.8. The van der Waals surface area contributed by atoms with Crippen LogP contribution in [0.5, 0.6) is 5.75 Å². The Labute approximate surface area is 145 Å². The molecule has 0 aromatic heterocycles. The lowest BCUT2D eigenvalue weighted by Gasteiger charge is -2.07. The van der Waals surface area contributed by atoms with Gasteiger partial charge in [0.05, 0.1) is 11.1 Å². The standard InChI is InChI=1S/C14H11BrN4O3S/c15-10-5-6-13(20)9(7-10)8-16-18-14(23)17-11-3-1-2-4-12(11)19(21)22/h1-8,20H,(H2,17,18,23)/b16-8+. The molecule has 0 spiro atoms. The number of para-hydroxylation sites is 2. The minimum absolute atomic E-state index is 0.0660. The van der Waals surface area contributed by atoms with Crippen molar-refractivity contribution in [3.05, 3.63) is 62.6 Å². The van der Waals surface area contributed by atoms with E-state index in [1.54, 1.807) is 24.3 Å². The van der Waals surface area contributed by atoms with Crippen LogP contribution in [0.2, 0.25) is 0 Å². The fraction of sp³-hybridized carbons (Fsp3) is 0. The number of hydrogen-bond acceptors (Lipinski definition) is 5. The van der Waals surface area contributed by atoms with Crippen molar-refractivity contribution in [1.82, 2.24) is 5.43 Å². The third-order valence-corrected chi connectivity index (χ3v) is 3.39. The first-order valence-electron chi connectivity index (χ1n) is 6.29. The van der Waals surface area contributed by atoms with Crippen LogP contribution in [0, 0.1) is 10.1 Å². The summed E-state index contributed by atoms with van der Waals surface area (Å²) >= 11 is 8.31. The summed E-state index contributed by atoms with van der Waals surface area (Å²) in [5.74, 6) is 0.0660. The number of benzene rings is 2. The number of hydrazone groups is 1. The molecule has 0 saturated heterocycles. The molecule has 0 aliphatic heterocycles. The van der Waals surface area contributed by atoms with Gasteiger partial charge in [-0.15, -0.1) is 0 Å². The Morgan fingerprint density at radius 1 is 1.35 bits per heavy atom. The van der Waals surface area contributed by atoms with Gasteiger partial charge in [0.2, 0.25) is 0 Å². The zero-order valence-electron chi connectivity index (χ0n) is 11.6. The Morgan fingerprint density at radius 2 is 2.09 bits per heavy atom.